The molecule has 0 fully saturated rings. The topological polar surface area (TPSA) is 35.8 Å². The number of halogens is 1. The minimum atomic E-state index is -0.294. The van der Waals surface area contributed by atoms with Gasteiger partial charge in [-0.25, -0.2) is 4.39 Å². The first-order valence-electron chi connectivity index (χ1n) is 10.8. The van der Waals surface area contributed by atoms with E-state index in [1.807, 2.05) is 79.9 Å². The molecule has 0 saturated heterocycles. The van der Waals surface area contributed by atoms with Crippen LogP contribution in [0.25, 0.3) is 16.9 Å². The third-order valence-corrected chi connectivity index (χ3v) is 5.61. The fraction of sp³-hybridized carbons (Fsp3) is 0.179. The van der Waals surface area contributed by atoms with Crippen molar-refractivity contribution in [3.8, 4) is 22.7 Å². The molecule has 4 aromatic rings. The summed E-state index contributed by atoms with van der Waals surface area (Å²) in [5, 5.41) is 4.36. The van der Waals surface area contributed by atoms with E-state index in [1.165, 1.54) is 11.6 Å². The zero-order valence-corrected chi connectivity index (χ0v) is 19.3. The Morgan fingerprint density at radius 1 is 0.939 bits per heavy atom. The molecule has 168 valence electrons. The number of nitrogens with zero attached hydrogens (tertiary/aromatic N) is 2. The summed E-state index contributed by atoms with van der Waals surface area (Å²) in [6.07, 6.45) is 0. The molecule has 0 aliphatic rings. The van der Waals surface area contributed by atoms with E-state index in [0.717, 1.165) is 39.5 Å². The van der Waals surface area contributed by atoms with Crippen molar-refractivity contribution in [2.45, 2.75) is 27.4 Å². The second-order valence-corrected chi connectivity index (χ2v) is 7.99. The van der Waals surface area contributed by atoms with Crippen LogP contribution in [-0.2, 0) is 11.4 Å². The van der Waals surface area contributed by atoms with Gasteiger partial charge in [-0.3, -0.25) is 0 Å². The molecule has 0 bridgehead atoms. The van der Waals surface area contributed by atoms with Crippen LogP contribution in [0.3, 0.4) is 0 Å². The maximum absolute atomic E-state index is 14.8. The summed E-state index contributed by atoms with van der Waals surface area (Å²) in [5.41, 5.74) is 6.97. The Kier molecular flexibility index (Phi) is 6.59. The minimum absolute atomic E-state index is 0.294. The van der Waals surface area contributed by atoms with Crippen LogP contribution < -0.4 is 4.74 Å². The van der Waals surface area contributed by atoms with E-state index in [4.69, 9.17) is 9.57 Å². The molecule has 1 heterocycles. The summed E-state index contributed by atoms with van der Waals surface area (Å²) in [4.78, 5) is 5.65. The number of aryl methyl sites for hydroxylation is 1. The Labute approximate surface area is 193 Å². The van der Waals surface area contributed by atoms with Crippen LogP contribution in [0.1, 0.15) is 29.3 Å². The first-order valence-corrected chi connectivity index (χ1v) is 10.8. The molecule has 3 aromatic carbocycles. The van der Waals surface area contributed by atoms with Crippen molar-refractivity contribution < 1.29 is 14.0 Å². The van der Waals surface area contributed by atoms with E-state index in [2.05, 4.69) is 11.2 Å². The first kappa shape index (κ1) is 22.3. The summed E-state index contributed by atoms with van der Waals surface area (Å²) < 4.78 is 22.2. The molecule has 0 radical (unpaired) electrons. The number of benzene rings is 3. The highest BCUT2D eigenvalue weighted by Gasteiger charge is 2.19. The van der Waals surface area contributed by atoms with E-state index in [9.17, 15) is 4.39 Å². The summed E-state index contributed by atoms with van der Waals surface area (Å²) in [7, 11) is 1.63. The fourth-order valence-corrected chi connectivity index (χ4v) is 3.97. The summed E-state index contributed by atoms with van der Waals surface area (Å²) in [6, 6.07) is 24.7. The lowest BCUT2D eigenvalue weighted by molar-refractivity contribution is 0.130. The van der Waals surface area contributed by atoms with Gasteiger partial charge in [0.25, 0.3) is 0 Å². The van der Waals surface area contributed by atoms with E-state index in [-0.39, 0.29) is 5.82 Å². The number of aromatic nitrogens is 1. The molecule has 0 unspecified atom stereocenters. The quantitative estimate of drug-likeness (QED) is 0.232. The van der Waals surface area contributed by atoms with Crippen LogP contribution in [0.2, 0.25) is 0 Å². The van der Waals surface area contributed by atoms with Gasteiger partial charge in [-0.05, 0) is 56.7 Å². The van der Waals surface area contributed by atoms with Crippen LogP contribution in [0.5, 0.6) is 5.75 Å². The zero-order chi connectivity index (χ0) is 23.4. The Hall–Kier alpha value is -3.86. The van der Waals surface area contributed by atoms with Crippen molar-refractivity contribution in [3.05, 3.63) is 107 Å². The van der Waals surface area contributed by atoms with Crippen molar-refractivity contribution in [1.29, 1.82) is 0 Å². The van der Waals surface area contributed by atoms with Crippen LogP contribution in [0.4, 0.5) is 4.39 Å². The fourth-order valence-electron chi connectivity index (χ4n) is 3.97. The number of para-hydroxylation sites is 1. The standard InChI is InChI=1S/C28H27FN2O2/c1-19-9-7-10-22(15-19)18-33-30-20(2)25-17-28(23-11-8-12-24(16-23)32-4)31(21(25)3)27-14-6-5-13-26(27)29/h5-17H,18H2,1-4H3/b30-20-. The van der Waals surface area contributed by atoms with Gasteiger partial charge in [0.15, 0.2) is 0 Å². The van der Waals surface area contributed by atoms with Gasteiger partial charge in [0.1, 0.15) is 18.2 Å². The predicted octanol–water partition coefficient (Wildman–Crippen LogP) is 6.85. The molecule has 33 heavy (non-hydrogen) atoms. The van der Waals surface area contributed by atoms with Crippen molar-refractivity contribution in [3.63, 3.8) is 0 Å². The largest absolute Gasteiger partial charge is 0.497 e. The molecule has 0 aliphatic carbocycles. The normalized spacial score (nSPS) is 11.5. The number of hydrogen-bond acceptors (Lipinski definition) is 3. The Bertz CT molecular complexity index is 1310. The number of methoxy groups -OCH3 is 1. The van der Waals surface area contributed by atoms with Gasteiger partial charge in [-0.15, -0.1) is 0 Å². The number of rotatable bonds is 7. The maximum Gasteiger partial charge on any atom is 0.147 e. The molecule has 4 nitrogen and oxygen atoms in total. The van der Waals surface area contributed by atoms with Crippen molar-refractivity contribution in [2.24, 2.45) is 5.16 Å². The summed E-state index contributed by atoms with van der Waals surface area (Å²) in [6.45, 7) is 6.30. The van der Waals surface area contributed by atoms with Crippen LogP contribution in [0, 0.1) is 19.7 Å². The Morgan fingerprint density at radius 3 is 2.48 bits per heavy atom. The van der Waals surface area contributed by atoms with Gasteiger partial charge in [-0.1, -0.05) is 59.3 Å². The van der Waals surface area contributed by atoms with E-state index in [0.29, 0.717) is 12.3 Å². The average Bonchev–Trinajstić information content (AvgIpc) is 3.16. The smallest absolute Gasteiger partial charge is 0.147 e. The highest BCUT2D eigenvalue weighted by atomic mass is 19.1. The first-order chi connectivity index (χ1) is 16.0. The molecule has 0 amide bonds. The lowest BCUT2D eigenvalue weighted by Gasteiger charge is -2.14. The predicted molar refractivity (Wildman–Crippen MR) is 131 cm³/mol. The van der Waals surface area contributed by atoms with Gasteiger partial charge in [0.2, 0.25) is 0 Å². The molecule has 0 saturated carbocycles. The second kappa shape index (κ2) is 9.74. The second-order valence-electron chi connectivity index (χ2n) is 7.99. The molecule has 0 N–H and O–H groups in total. The molecule has 0 aliphatic heterocycles. The van der Waals surface area contributed by atoms with Crippen molar-refractivity contribution >= 4 is 5.71 Å². The van der Waals surface area contributed by atoms with E-state index in [1.54, 1.807) is 19.2 Å². The van der Waals surface area contributed by atoms with Gasteiger partial charge in [0, 0.05) is 16.8 Å². The van der Waals surface area contributed by atoms with Gasteiger partial charge in [-0.2, -0.15) is 0 Å². The lowest BCUT2D eigenvalue weighted by atomic mass is 10.1. The zero-order valence-electron chi connectivity index (χ0n) is 19.3. The molecule has 1 aromatic heterocycles. The third kappa shape index (κ3) is 4.82. The summed E-state index contributed by atoms with van der Waals surface area (Å²) >= 11 is 0. The Balaban J connectivity index is 1.75. The van der Waals surface area contributed by atoms with Gasteiger partial charge >= 0.3 is 0 Å². The van der Waals surface area contributed by atoms with Crippen molar-refractivity contribution in [2.75, 3.05) is 7.11 Å². The monoisotopic (exact) mass is 442 g/mol. The number of hydrogen-bond donors (Lipinski definition) is 0. The highest BCUT2D eigenvalue weighted by Crippen LogP contribution is 2.32. The lowest BCUT2D eigenvalue weighted by Crippen LogP contribution is -2.04. The third-order valence-electron chi connectivity index (χ3n) is 5.61. The minimum Gasteiger partial charge on any atom is -0.497 e. The van der Waals surface area contributed by atoms with Crippen LogP contribution in [-0.4, -0.2) is 17.4 Å². The van der Waals surface area contributed by atoms with Crippen LogP contribution >= 0.6 is 0 Å². The maximum atomic E-state index is 14.8. The molecular formula is C28H27FN2O2. The highest BCUT2D eigenvalue weighted by molar-refractivity contribution is 6.01. The Morgan fingerprint density at radius 2 is 1.73 bits per heavy atom. The SMILES string of the molecule is COc1cccc(-c2cc(/C(C)=N\OCc3cccc(C)c3)c(C)n2-c2ccccc2F)c1. The molecule has 0 spiro atoms. The molecule has 5 heteroatoms. The number of oxime groups is 1. The number of ether oxygens (including phenoxy) is 1. The molecule has 0 atom stereocenters. The average molecular weight is 443 g/mol. The van der Waals surface area contributed by atoms with Crippen LogP contribution in [0.15, 0.2) is 84.0 Å². The van der Waals surface area contributed by atoms with E-state index < -0.39 is 0 Å². The molecule has 4 rings (SSSR count). The summed E-state index contributed by atoms with van der Waals surface area (Å²) in [5.74, 6) is 0.442. The van der Waals surface area contributed by atoms with Crippen molar-refractivity contribution in [1.82, 2.24) is 4.57 Å². The van der Waals surface area contributed by atoms with Gasteiger partial charge in [0.05, 0.1) is 24.2 Å². The molecular weight excluding hydrogens is 415 g/mol. The van der Waals surface area contributed by atoms with E-state index >= 15 is 0 Å². The van der Waals surface area contributed by atoms with Gasteiger partial charge < -0.3 is 14.1 Å².